The fraction of sp³-hybridized carbons (Fsp3) is 0.250. The molecule has 2 aromatic rings. The molecular weight excluding hydrogens is 206 g/mol. The summed E-state index contributed by atoms with van der Waals surface area (Å²) < 4.78 is 0. The van der Waals surface area contributed by atoms with Crippen LogP contribution in [0.3, 0.4) is 0 Å². The van der Waals surface area contributed by atoms with Gasteiger partial charge in [0, 0.05) is 25.3 Å². The second-order valence-corrected chi connectivity index (χ2v) is 4.66. The van der Waals surface area contributed by atoms with E-state index in [1.807, 2.05) is 0 Å². The van der Waals surface area contributed by atoms with E-state index < -0.39 is 0 Å². The summed E-state index contributed by atoms with van der Waals surface area (Å²) in [7, 11) is 4.19. The van der Waals surface area contributed by atoms with E-state index in [1.165, 1.54) is 27.9 Å². The van der Waals surface area contributed by atoms with Crippen LogP contribution in [0.15, 0.2) is 42.5 Å². The van der Waals surface area contributed by atoms with Gasteiger partial charge >= 0.3 is 0 Å². The topological polar surface area (TPSA) is 3.24 Å². The lowest BCUT2D eigenvalue weighted by atomic mass is 9.95. The van der Waals surface area contributed by atoms with E-state index in [0.717, 1.165) is 0 Å². The monoisotopic (exact) mass is 225 g/mol. The smallest absolute Gasteiger partial charge is 0.0443 e. The molecule has 1 nitrogen and oxygen atoms in total. The van der Waals surface area contributed by atoms with Crippen LogP contribution in [0.4, 0.5) is 5.69 Å². The summed E-state index contributed by atoms with van der Waals surface area (Å²) in [5.74, 6) is 0. The highest BCUT2D eigenvalue weighted by Gasteiger charge is 2.11. The molecule has 0 radical (unpaired) electrons. The Balaban J connectivity index is 2.70. The average molecular weight is 225 g/mol. The van der Waals surface area contributed by atoms with Crippen molar-refractivity contribution in [1.29, 1.82) is 0 Å². The zero-order chi connectivity index (χ0) is 12.4. The van der Waals surface area contributed by atoms with Gasteiger partial charge in [-0.3, -0.25) is 0 Å². The number of hydrogen-bond donors (Lipinski definition) is 0. The SMILES string of the molecule is Cc1ccc(N(C)C)c(-c2ccccc2)c1C. The Hall–Kier alpha value is -1.76. The third kappa shape index (κ3) is 2.19. The van der Waals surface area contributed by atoms with Crippen LogP contribution in [0.2, 0.25) is 0 Å². The zero-order valence-electron chi connectivity index (χ0n) is 11.0. The highest BCUT2D eigenvalue weighted by Crippen LogP contribution is 2.34. The molecule has 2 aromatic carbocycles. The minimum atomic E-state index is 1.28. The van der Waals surface area contributed by atoms with Gasteiger partial charge in [0.1, 0.15) is 0 Å². The number of anilines is 1. The molecule has 2 rings (SSSR count). The van der Waals surface area contributed by atoms with E-state index in [9.17, 15) is 0 Å². The molecule has 0 unspecified atom stereocenters. The molecule has 0 atom stereocenters. The molecule has 0 aliphatic carbocycles. The van der Waals surface area contributed by atoms with Gasteiger partial charge in [-0.15, -0.1) is 0 Å². The molecule has 0 heterocycles. The Labute approximate surface area is 104 Å². The Kier molecular flexibility index (Phi) is 3.19. The number of aryl methyl sites for hydroxylation is 1. The van der Waals surface area contributed by atoms with Crippen molar-refractivity contribution in [3.05, 3.63) is 53.6 Å². The first kappa shape index (κ1) is 11.7. The molecule has 0 spiro atoms. The Morgan fingerprint density at radius 2 is 1.47 bits per heavy atom. The molecule has 17 heavy (non-hydrogen) atoms. The van der Waals surface area contributed by atoms with E-state index in [4.69, 9.17) is 0 Å². The summed E-state index contributed by atoms with van der Waals surface area (Å²) >= 11 is 0. The van der Waals surface area contributed by atoms with Crippen LogP contribution in [-0.2, 0) is 0 Å². The number of nitrogens with zero attached hydrogens (tertiary/aromatic N) is 1. The first-order valence-corrected chi connectivity index (χ1v) is 5.94. The molecular formula is C16H19N. The van der Waals surface area contributed by atoms with Crippen molar-refractivity contribution in [1.82, 2.24) is 0 Å². The van der Waals surface area contributed by atoms with Crippen molar-refractivity contribution in [2.75, 3.05) is 19.0 Å². The van der Waals surface area contributed by atoms with E-state index in [0.29, 0.717) is 0 Å². The van der Waals surface area contributed by atoms with Crippen molar-refractivity contribution in [3.63, 3.8) is 0 Å². The normalized spacial score (nSPS) is 10.4. The molecule has 88 valence electrons. The Morgan fingerprint density at radius 1 is 0.824 bits per heavy atom. The maximum Gasteiger partial charge on any atom is 0.0443 e. The van der Waals surface area contributed by atoms with Gasteiger partial charge in [-0.1, -0.05) is 36.4 Å². The molecule has 0 aromatic heterocycles. The van der Waals surface area contributed by atoms with Gasteiger partial charge in [0.25, 0.3) is 0 Å². The first-order valence-electron chi connectivity index (χ1n) is 5.94. The first-order chi connectivity index (χ1) is 8.11. The Morgan fingerprint density at radius 3 is 2.06 bits per heavy atom. The number of benzene rings is 2. The quantitative estimate of drug-likeness (QED) is 0.745. The molecule has 0 fully saturated rings. The van der Waals surface area contributed by atoms with Crippen LogP contribution < -0.4 is 4.90 Å². The molecule has 0 bridgehead atoms. The van der Waals surface area contributed by atoms with Gasteiger partial charge in [-0.25, -0.2) is 0 Å². The average Bonchev–Trinajstić information content (AvgIpc) is 2.33. The molecule has 0 aliphatic rings. The summed E-state index contributed by atoms with van der Waals surface area (Å²) in [6.07, 6.45) is 0. The fourth-order valence-electron chi connectivity index (χ4n) is 2.14. The summed E-state index contributed by atoms with van der Waals surface area (Å²) in [6, 6.07) is 15.0. The molecule has 0 N–H and O–H groups in total. The molecule has 1 heteroatoms. The minimum absolute atomic E-state index is 1.28. The van der Waals surface area contributed by atoms with Gasteiger partial charge in [0.15, 0.2) is 0 Å². The number of hydrogen-bond acceptors (Lipinski definition) is 1. The number of rotatable bonds is 2. The van der Waals surface area contributed by atoms with Crippen LogP contribution in [0.5, 0.6) is 0 Å². The second-order valence-electron chi connectivity index (χ2n) is 4.66. The van der Waals surface area contributed by atoms with Crippen molar-refractivity contribution >= 4 is 5.69 Å². The largest absolute Gasteiger partial charge is 0.377 e. The highest BCUT2D eigenvalue weighted by atomic mass is 15.1. The summed E-state index contributed by atoms with van der Waals surface area (Å²) in [4.78, 5) is 2.18. The zero-order valence-corrected chi connectivity index (χ0v) is 11.0. The predicted octanol–water partition coefficient (Wildman–Crippen LogP) is 4.04. The minimum Gasteiger partial charge on any atom is -0.377 e. The van der Waals surface area contributed by atoms with Crippen LogP contribution >= 0.6 is 0 Å². The van der Waals surface area contributed by atoms with Gasteiger partial charge in [0.05, 0.1) is 0 Å². The lowest BCUT2D eigenvalue weighted by molar-refractivity contribution is 1.12. The van der Waals surface area contributed by atoms with Gasteiger partial charge in [0.2, 0.25) is 0 Å². The summed E-state index contributed by atoms with van der Waals surface area (Å²) in [6.45, 7) is 4.37. The van der Waals surface area contributed by atoms with E-state index in [2.05, 4.69) is 75.3 Å². The predicted molar refractivity (Wildman–Crippen MR) is 75.7 cm³/mol. The third-order valence-electron chi connectivity index (χ3n) is 3.26. The van der Waals surface area contributed by atoms with Crippen LogP contribution in [0.25, 0.3) is 11.1 Å². The molecule has 0 amide bonds. The van der Waals surface area contributed by atoms with Crippen molar-refractivity contribution in [2.24, 2.45) is 0 Å². The lowest BCUT2D eigenvalue weighted by Gasteiger charge is -2.21. The summed E-state index contributed by atoms with van der Waals surface area (Å²) in [5, 5.41) is 0. The highest BCUT2D eigenvalue weighted by molar-refractivity contribution is 5.82. The van der Waals surface area contributed by atoms with Crippen LogP contribution in [0.1, 0.15) is 11.1 Å². The van der Waals surface area contributed by atoms with Gasteiger partial charge in [-0.05, 0) is 36.6 Å². The van der Waals surface area contributed by atoms with E-state index in [-0.39, 0.29) is 0 Å². The van der Waals surface area contributed by atoms with Crippen molar-refractivity contribution in [2.45, 2.75) is 13.8 Å². The maximum absolute atomic E-state index is 2.20. The summed E-state index contributed by atoms with van der Waals surface area (Å²) in [5.41, 5.74) is 6.61. The third-order valence-corrected chi connectivity index (χ3v) is 3.26. The molecule has 0 aliphatic heterocycles. The van der Waals surface area contributed by atoms with Crippen molar-refractivity contribution < 1.29 is 0 Å². The standard InChI is InChI=1S/C16H19N/c1-12-10-11-15(17(3)4)16(13(12)2)14-8-6-5-7-9-14/h5-11H,1-4H3. The van der Waals surface area contributed by atoms with Gasteiger partial charge in [-0.2, -0.15) is 0 Å². The van der Waals surface area contributed by atoms with E-state index in [1.54, 1.807) is 0 Å². The maximum atomic E-state index is 2.20. The van der Waals surface area contributed by atoms with Crippen LogP contribution in [-0.4, -0.2) is 14.1 Å². The van der Waals surface area contributed by atoms with Crippen LogP contribution in [0, 0.1) is 13.8 Å². The molecule has 0 saturated heterocycles. The lowest BCUT2D eigenvalue weighted by Crippen LogP contribution is -2.11. The van der Waals surface area contributed by atoms with Gasteiger partial charge < -0.3 is 4.90 Å². The fourth-order valence-corrected chi connectivity index (χ4v) is 2.14. The Bertz CT molecular complexity index is 513. The van der Waals surface area contributed by atoms with Crippen molar-refractivity contribution in [3.8, 4) is 11.1 Å². The van der Waals surface area contributed by atoms with E-state index >= 15 is 0 Å². The molecule has 0 saturated carbocycles. The second kappa shape index (κ2) is 4.62.